The number of anilines is 1. The van der Waals surface area contributed by atoms with E-state index < -0.39 is 5.97 Å². The quantitative estimate of drug-likeness (QED) is 0.689. The van der Waals surface area contributed by atoms with E-state index in [0.29, 0.717) is 11.4 Å². The molecule has 0 unspecified atom stereocenters. The lowest BCUT2D eigenvalue weighted by Gasteiger charge is -2.05. The van der Waals surface area contributed by atoms with Crippen LogP contribution in [-0.2, 0) is 20.7 Å². The molecule has 0 atom stereocenters. The summed E-state index contributed by atoms with van der Waals surface area (Å²) in [6.07, 6.45) is 3.43. The molecule has 0 spiro atoms. The predicted octanol–water partition coefficient (Wildman–Crippen LogP) is 2.93. The summed E-state index contributed by atoms with van der Waals surface area (Å²) >= 11 is 1.43. The van der Waals surface area contributed by atoms with Crippen molar-refractivity contribution >= 4 is 28.9 Å². The standard InChI is InChI=1S/C18H15N3O3S/c22-16(20-14-6-2-1-3-7-14)11-24-17(23)9-15-12-25-18(21-15)13-5-4-8-19-10-13/h1-8,10,12H,9,11H2,(H,20,22). The van der Waals surface area contributed by atoms with E-state index in [-0.39, 0.29) is 18.9 Å². The topological polar surface area (TPSA) is 81.2 Å². The van der Waals surface area contributed by atoms with E-state index in [1.165, 1.54) is 11.3 Å². The van der Waals surface area contributed by atoms with Crippen LogP contribution in [0.4, 0.5) is 5.69 Å². The number of carbonyl (C=O) groups excluding carboxylic acids is 2. The Morgan fingerprint density at radius 1 is 1.12 bits per heavy atom. The molecule has 7 heteroatoms. The van der Waals surface area contributed by atoms with Crippen LogP contribution in [-0.4, -0.2) is 28.5 Å². The van der Waals surface area contributed by atoms with Gasteiger partial charge in [-0.3, -0.25) is 14.6 Å². The third-order valence-corrected chi connectivity index (χ3v) is 4.15. The minimum Gasteiger partial charge on any atom is -0.455 e. The van der Waals surface area contributed by atoms with Crippen LogP contribution in [0.5, 0.6) is 0 Å². The molecule has 1 amide bonds. The van der Waals surface area contributed by atoms with E-state index in [9.17, 15) is 9.59 Å². The second-order valence-electron chi connectivity index (χ2n) is 5.14. The van der Waals surface area contributed by atoms with E-state index in [2.05, 4.69) is 15.3 Å². The summed E-state index contributed by atoms with van der Waals surface area (Å²) in [5.74, 6) is -0.875. The van der Waals surface area contributed by atoms with Gasteiger partial charge >= 0.3 is 5.97 Å². The number of nitrogens with zero attached hydrogens (tertiary/aromatic N) is 2. The highest BCUT2D eigenvalue weighted by Crippen LogP contribution is 2.22. The van der Waals surface area contributed by atoms with Gasteiger partial charge in [0.15, 0.2) is 6.61 Å². The summed E-state index contributed by atoms with van der Waals surface area (Å²) in [6, 6.07) is 12.7. The highest BCUT2D eigenvalue weighted by molar-refractivity contribution is 7.13. The number of thiazole rings is 1. The molecule has 2 aromatic heterocycles. The summed E-state index contributed by atoms with van der Waals surface area (Å²) in [5.41, 5.74) is 2.16. The number of pyridine rings is 1. The number of aromatic nitrogens is 2. The van der Waals surface area contributed by atoms with Gasteiger partial charge in [-0.2, -0.15) is 0 Å². The SMILES string of the molecule is O=C(COC(=O)Cc1csc(-c2cccnc2)n1)Nc1ccccc1. The summed E-state index contributed by atoms with van der Waals surface area (Å²) in [6.45, 7) is -0.326. The van der Waals surface area contributed by atoms with Crippen molar-refractivity contribution in [3.05, 3.63) is 65.9 Å². The molecule has 6 nitrogen and oxygen atoms in total. The van der Waals surface area contributed by atoms with Crippen molar-refractivity contribution in [1.29, 1.82) is 0 Å². The molecule has 0 fully saturated rings. The van der Waals surface area contributed by atoms with Gasteiger partial charge in [0.1, 0.15) is 5.01 Å². The number of carbonyl (C=O) groups is 2. The molecule has 1 N–H and O–H groups in total. The molecule has 0 aliphatic rings. The maximum atomic E-state index is 11.9. The molecule has 0 saturated carbocycles. The number of benzene rings is 1. The second-order valence-corrected chi connectivity index (χ2v) is 6.00. The minimum atomic E-state index is -0.494. The fourth-order valence-electron chi connectivity index (χ4n) is 2.07. The first-order valence-corrected chi connectivity index (χ1v) is 8.44. The van der Waals surface area contributed by atoms with Crippen LogP contribution in [0.3, 0.4) is 0 Å². The molecule has 0 saturated heterocycles. The summed E-state index contributed by atoms with van der Waals surface area (Å²) in [4.78, 5) is 32.1. The Labute approximate surface area is 148 Å². The van der Waals surface area contributed by atoms with Crippen molar-refractivity contribution in [2.45, 2.75) is 6.42 Å². The Bertz CT molecular complexity index is 850. The summed E-state index contributed by atoms with van der Waals surface area (Å²) in [7, 11) is 0. The van der Waals surface area contributed by atoms with Gasteiger partial charge in [0, 0.05) is 29.0 Å². The van der Waals surface area contributed by atoms with Gasteiger partial charge in [-0.1, -0.05) is 18.2 Å². The number of hydrogen-bond acceptors (Lipinski definition) is 6. The second kappa shape index (κ2) is 8.16. The highest BCUT2D eigenvalue weighted by atomic mass is 32.1. The normalized spacial score (nSPS) is 10.2. The van der Waals surface area contributed by atoms with Gasteiger partial charge in [0.05, 0.1) is 12.1 Å². The lowest BCUT2D eigenvalue weighted by molar-refractivity contribution is -0.146. The minimum absolute atomic E-state index is 0.0232. The van der Waals surface area contributed by atoms with E-state index >= 15 is 0 Å². The number of ether oxygens (including phenoxy) is 1. The van der Waals surface area contributed by atoms with Crippen LogP contribution >= 0.6 is 11.3 Å². The number of para-hydroxylation sites is 1. The molecule has 0 aliphatic heterocycles. The largest absolute Gasteiger partial charge is 0.455 e. The van der Waals surface area contributed by atoms with Crippen molar-refractivity contribution in [2.24, 2.45) is 0 Å². The number of rotatable bonds is 6. The smallest absolute Gasteiger partial charge is 0.312 e. The molecule has 0 aliphatic carbocycles. The molecule has 25 heavy (non-hydrogen) atoms. The van der Waals surface area contributed by atoms with Gasteiger partial charge in [-0.25, -0.2) is 4.98 Å². The van der Waals surface area contributed by atoms with Crippen molar-refractivity contribution < 1.29 is 14.3 Å². The van der Waals surface area contributed by atoms with E-state index in [1.54, 1.807) is 29.9 Å². The van der Waals surface area contributed by atoms with Gasteiger partial charge < -0.3 is 10.1 Å². The number of hydrogen-bond donors (Lipinski definition) is 1. The van der Waals surface area contributed by atoms with Gasteiger partial charge in [0.2, 0.25) is 0 Å². The molecule has 3 aromatic rings. The number of nitrogens with one attached hydrogen (secondary N) is 1. The molecular formula is C18H15N3O3S. The van der Waals surface area contributed by atoms with E-state index in [0.717, 1.165) is 10.6 Å². The van der Waals surface area contributed by atoms with Crippen LogP contribution < -0.4 is 5.32 Å². The van der Waals surface area contributed by atoms with Gasteiger partial charge in [-0.05, 0) is 24.3 Å². The Morgan fingerprint density at radius 2 is 1.96 bits per heavy atom. The molecule has 0 bridgehead atoms. The van der Waals surface area contributed by atoms with Crippen molar-refractivity contribution in [1.82, 2.24) is 9.97 Å². The Hall–Kier alpha value is -3.06. The molecule has 2 heterocycles. The highest BCUT2D eigenvalue weighted by Gasteiger charge is 2.12. The van der Waals surface area contributed by atoms with Gasteiger partial charge in [-0.15, -0.1) is 11.3 Å². The first-order chi connectivity index (χ1) is 12.2. The zero-order valence-electron chi connectivity index (χ0n) is 13.2. The average Bonchev–Trinajstić information content (AvgIpc) is 3.10. The average molecular weight is 353 g/mol. The first kappa shape index (κ1) is 16.8. The molecular weight excluding hydrogens is 338 g/mol. The third kappa shape index (κ3) is 4.95. The third-order valence-electron chi connectivity index (χ3n) is 3.21. The Morgan fingerprint density at radius 3 is 2.72 bits per heavy atom. The monoisotopic (exact) mass is 353 g/mol. The number of esters is 1. The van der Waals surface area contributed by atoms with Crippen LogP contribution in [0, 0.1) is 0 Å². The fourth-order valence-corrected chi connectivity index (χ4v) is 2.88. The predicted molar refractivity (Wildman–Crippen MR) is 95.1 cm³/mol. The zero-order chi connectivity index (χ0) is 17.5. The molecule has 3 rings (SSSR count). The van der Waals surface area contributed by atoms with Crippen LogP contribution in [0.2, 0.25) is 0 Å². The Balaban J connectivity index is 1.48. The zero-order valence-corrected chi connectivity index (χ0v) is 14.0. The van der Waals surface area contributed by atoms with Crippen molar-refractivity contribution in [2.75, 3.05) is 11.9 Å². The maximum Gasteiger partial charge on any atom is 0.312 e. The summed E-state index contributed by atoms with van der Waals surface area (Å²) < 4.78 is 5.00. The van der Waals surface area contributed by atoms with E-state index in [4.69, 9.17) is 4.74 Å². The van der Waals surface area contributed by atoms with Crippen LogP contribution in [0.1, 0.15) is 5.69 Å². The lowest BCUT2D eigenvalue weighted by atomic mass is 10.3. The van der Waals surface area contributed by atoms with Crippen molar-refractivity contribution in [3.63, 3.8) is 0 Å². The Kier molecular flexibility index (Phi) is 5.48. The number of amides is 1. The maximum absolute atomic E-state index is 11.9. The molecule has 0 radical (unpaired) electrons. The van der Waals surface area contributed by atoms with E-state index in [1.807, 2.05) is 30.3 Å². The molecule has 126 valence electrons. The van der Waals surface area contributed by atoms with Crippen LogP contribution in [0.25, 0.3) is 10.6 Å². The fraction of sp³-hybridized carbons (Fsp3) is 0.111. The summed E-state index contributed by atoms with van der Waals surface area (Å²) in [5, 5.41) is 5.24. The first-order valence-electron chi connectivity index (χ1n) is 7.56. The van der Waals surface area contributed by atoms with Gasteiger partial charge in [0.25, 0.3) is 5.91 Å². The molecule has 1 aromatic carbocycles. The van der Waals surface area contributed by atoms with Crippen LogP contribution in [0.15, 0.2) is 60.2 Å². The van der Waals surface area contributed by atoms with Crippen molar-refractivity contribution in [3.8, 4) is 10.6 Å². The lowest BCUT2D eigenvalue weighted by Crippen LogP contribution is -2.21.